The van der Waals surface area contributed by atoms with E-state index in [9.17, 15) is 0 Å². The zero-order valence-corrected chi connectivity index (χ0v) is 10.5. The van der Waals surface area contributed by atoms with Crippen LogP contribution in [0.5, 0.6) is 0 Å². The number of rotatable bonds is 4. The van der Waals surface area contributed by atoms with Crippen LogP contribution in [0.15, 0.2) is 6.20 Å². The van der Waals surface area contributed by atoms with Crippen LogP contribution >= 0.6 is 0 Å². The second-order valence-electron chi connectivity index (χ2n) is 4.25. The van der Waals surface area contributed by atoms with Crippen LogP contribution in [0, 0.1) is 18.8 Å². The van der Waals surface area contributed by atoms with E-state index < -0.39 is 0 Å². The molecule has 0 saturated heterocycles. The zero-order valence-electron chi connectivity index (χ0n) is 10.5. The van der Waals surface area contributed by atoms with Crippen molar-refractivity contribution in [2.75, 3.05) is 6.54 Å². The molecule has 1 aromatic heterocycles. The average Bonchev–Trinajstić information content (AvgIpc) is 2.60. The Morgan fingerprint density at radius 3 is 2.75 bits per heavy atom. The molecule has 1 rings (SSSR count). The van der Waals surface area contributed by atoms with Gasteiger partial charge in [-0.2, -0.15) is 5.10 Å². The molecule has 0 aliphatic heterocycles. The SMILES string of the molecule is Cc1nn(C(C)C)cc1C#CCCCCN. The summed E-state index contributed by atoms with van der Waals surface area (Å²) < 4.78 is 1.96. The van der Waals surface area contributed by atoms with E-state index in [0.717, 1.165) is 37.1 Å². The van der Waals surface area contributed by atoms with Crippen LogP contribution in [0.3, 0.4) is 0 Å². The van der Waals surface area contributed by atoms with Gasteiger partial charge >= 0.3 is 0 Å². The lowest BCUT2D eigenvalue weighted by atomic mass is 10.2. The number of hydrogen-bond acceptors (Lipinski definition) is 2. The Kier molecular flexibility index (Phi) is 5.07. The normalized spacial score (nSPS) is 10.3. The van der Waals surface area contributed by atoms with Gasteiger partial charge in [0.05, 0.1) is 11.3 Å². The highest BCUT2D eigenvalue weighted by Gasteiger charge is 2.03. The number of aryl methyl sites for hydroxylation is 1. The number of unbranched alkanes of at least 4 members (excludes halogenated alkanes) is 2. The Bertz CT molecular complexity index is 380. The lowest BCUT2D eigenvalue weighted by molar-refractivity contribution is 0.529. The molecule has 0 aliphatic rings. The molecule has 2 N–H and O–H groups in total. The van der Waals surface area contributed by atoms with Gasteiger partial charge in [0.25, 0.3) is 0 Å². The predicted molar refractivity (Wildman–Crippen MR) is 67.1 cm³/mol. The van der Waals surface area contributed by atoms with Gasteiger partial charge in [0.15, 0.2) is 0 Å². The van der Waals surface area contributed by atoms with Gasteiger partial charge in [-0.15, -0.1) is 0 Å². The number of hydrogen-bond donors (Lipinski definition) is 1. The standard InChI is InChI=1S/C13H21N3/c1-11(2)16-10-13(12(3)15-16)8-6-4-5-7-9-14/h10-11H,4-5,7,9,14H2,1-3H3. The molecule has 0 aromatic carbocycles. The summed E-state index contributed by atoms with van der Waals surface area (Å²) in [6.07, 6.45) is 5.08. The fraction of sp³-hybridized carbons (Fsp3) is 0.615. The van der Waals surface area contributed by atoms with Gasteiger partial charge in [-0.05, 0) is 40.2 Å². The monoisotopic (exact) mass is 219 g/mol. The smallest absolute Gasteiger partial charge is 0.0750 e. The molecular formula is C13H21N3. The molecule has 0 aliphatic carbocycles. The topological polar surface area (TPSA) is 43.8 Å². The second kappa shape index (κ2) is 6.34. The van der Waals surface area contributed by atoms with Gasteiger partial charge in [-0.3, -0.25) is 4.68 Å². The van der Waals surface area contributed by atoms with Gasteiger partial charge < -0.3 is 5.73 Å². The van der Waals surface area contributed by atoms with Crippen molar-refractivity contribution in [2.24, 2.45) is 5.73 Å². The lowest BCUT2D eigenvalue weighted by Gasteiger charge is -2.02. The highest BCUT2D eigenvalue weighted by atomic mass is 15.3. The van der Waals surface area contributed by atoms with E-state index in [2.05, 4.69) is 30.8 Å². The molecule has 0 spiro atoms. The summed E-state index contributed by atoms with van der Waals surface area (Å²) in [6.45, 7) is 6.99. The lowest BCUT2D eigenvalue weighted by Crippen LogP contribution is -2.00. The first kappa shape index (κ1) is 12.8. The molecule has 3 heteroatoms. The Morgan fingerprint density at radius 2 is 2.19 bits per heavy atom. The molecule has 0 atom stereocenters. The third-order valence-corrected chi connectivity index (χ3v) is 2.42. The average molecular weight is 219 g/mol. The maximum Gasteiger partial charge on any atom is 0.0750 e. The molecule has 3 nitrogen and oxygen atoms in total. The molecule has 0 amide bonds. The second-order valence-corrected chi connectivity index (χ2v) is 4.25. The summed E-state index contributed by atoms with van der Waals surface area (Å²) in [6, 6.07) is 0.395. The molecule has 0 radical (unpaired) electrons. The molecule has 1 heterocycles. The van der Waals surface area contributed by atoms with Crippen LogP contribution < -0.4 is 5.73 Å². The van der Waals surface area contributed by atoms with Gasteiger partial charge in [0.1, 0.15) is 0 Å². The van der Waals surface area contributed by atoms with E-state index in [1.54, 1.807) is 0 Å². The van der Waals surface area contributed by atoms with E-state index in [4.69, 9.17) is 5.73 Å². The number of nitrogens with zero attached hydrogens (tertiary/aromatic N) is 2. The van der Waals surface area contributed by atoms with Gasteiger partial charge in [-0.25, -0.2) is 0 Å². The summed E-state index contributed by atoms with van der Waals surface area (Å²) in [5, 5.41) is 4.42. The van der Waals surface area contributed by atoms with E-state index in [-0.39, 0.29) is 0 Å². The number of nitrogens with two attached hydrogens (primary N) is 1. The van der Waals surface area contributed by atoms with Gasteiger partial charge in [-0.1, -0.05) is 11.8 Å². The van der Waals surface area contributed by atoms with Crippen molar-refractivity contribution in [3.05, 3.63) is 17.5 Å². The quantitative estimate of drug-likeness (QED) is 0.623. The van der Waals surface area contributed by atoms with Gasteiger partial charge in [0, 0.05) is 18.7 Å². The summed E-state index contributed by atoms with van der Waals surface area (Å²) in [5.41, 5.74) is 7.48. The first-order chi connectivity index (χ1) is 7.65. The zero-order chi connectivity index (χ0) is 12.0. The molecule has 0 bridgehead atoms. The van der Waals surface area contributed by atoms with Crippen LogP contribution in [0.4, 0.5) is 0 Å². The van der Waals surface area contributed by atoms with E-state index in [1.807, 2.05) is 17.8 Å². The third kappa shape index (κ3) is 3.71. The van der Waals surface area contributed by atoms with E-state index >= 15 is 0 Å². The van der Waals surface area contributed by atoms with Crippen molar-refractivity contribution in [1.29, 1.82) is 0 Å². The van der Waals surface area contributed by atoms with Crippen LogP contribution in [0.1, 0.15) is 50.4 Å². The Morgan fingerprint density at radius 1 is 1.44 bits per heavy atom. The Labute approximate surface area is 98.0 Å². The van der Waals surface area contributed by atoms with Crippen LogP contribution in [-0.4, -0.2) is 16.3 Å². The first-order valence-corrected chi connectivity index (χ1v) is 5.90. The van der Waals surface area contributed by atoms with Crippen molar-refractivity contribution in [3.8, 4) is 11.8 Å². The summed E-state index contributed by atoms with van der Waals surface area (Å²) in [5.74, 6) is 6.34. The largest absolute Gasteiger partial charge is 0.330 e. The summed E-state index contributed by atoms with van der Waals surface area (Å²) in [7, 11) is 0. The van der Waals surface area contributed by atoms with Crippen molar-refractivity contribution in [1.82, 2.24) is 9.78 Å². The van der Waals surface area contributed by atoms with Crippen LogP contribution in [0.25, 0.3) is 0 Å². The van der Waals surface area contributed by atoms with Crippen LogP contribution in [-0.2, 0) is 0 Å². The summed E-state index contributed by atoms with van der Waals surface area (Å²) >= 11 is 0. The minimum Gasteiger partial charge on any atom is -0.330 e. The third-order valence-electron chi connectivity index (χ3n) is 2.42. The summed E-state index contributed by atoms with van der Waals surface area (Å²) in [4.78, 5) is 0. The molecule has 0 fully saturated rings. The van der Waals surface area contributed by atoms with Gasteiger partial charge in [0.2, 0.25) is 0 Å². The molecule has 16 heavy (non-hydrogen) atoms. The predicted octanol–water partition coefficient (Wildman–Crippen LogP) is 2.25. The fourth-order valence-electron chi connectivity index (χ4n) is 1.38. The molecule has 0 saturated carbocycles. The number of aromatic nitrogens is 2. The molecule has 1 aromatic rings. The maximum atomic E-state index is 5.42. The van der Waals surface area contributed by atoms with E-state index in [0.29, 0.717) is 6.04 Å². The Balaban J connectivity index is 2.59. The fourth-order valence-corrected chi connectivity index (χ4v) is 1.38. The molecule has 0 unspecified atom stereocenters. The minimum absolute atomic E-state index is 0.395. The minimum atomic E-state index is 0.395. The maximum absolute atomic E-state index is 5.42. The van der Waals surface area contributed by atoms with E-state index in [1.165, 1.54) is 0 Å². The van der Waals surface area contributed by atoms with Crippen molar-refractivity contribution >= 4 is 0 Å². The first-order valence-electron chi connectivity index (χ1n) is 5.90. The molecular weight excluding hydrogens is 198 g/mol. The highest BCUT2D eigenvalue weighted by Crippen LogP contribution is 2.09. The van der Waals surface area contributed by atoms with Crippen molar-refractivity contribution in [2.45, 2.75) is 46.1 Å². The molecule has 88 valence electrons. The van der Waals surface area contributed by atoms with Crippen molar-refractivity contribution < 1.29 is 0 Å². The van der Waals surface area contributed by atoms with Crippen molar-refractivity contribution in [3.63, 3.8) is 0 Å². The highest BCUT2D eigenvalue weighted by molar-refractivity contribution is 5.35. The van der Waals surface area contributed by atoms with Crippen LogP contribution in [0.2, 0.25) is 0 Å². The Hall–Kier alpha value is -1.27.